The molecule has 1 heterocycles. The zero-order valence-corrected chi connectivity index (χ0v) is 9.47. The van der Waals surface area contributed by atoms with E-state index in [0.717, 1.165) is 10.7 Å². The molecule has 0 aliphatic heterocycles. The normalized spacial score (nSPS) is 14.3. The van der Waals surface area contributed by atoms with E-state index in [1.165, 1.54) is 0 Å². The molecule has 2 nitrogen and oxygen atoms in total. The van der Waals surface area contributed by atoms with Gasteiger partial charge in [0.2, 0.25) is 0 Å². The van der Waals surface area contributed by atoms with Crippen LogP contribution in [0.1, 0.15) is 13.8 Å². The minimum Gasteiger partial charge on any atom is -0.232 e. The van der Waals surface area contributed by atoms with Crippen LogP contribution in [0.3, 0.4) is 0 Å². The fourth-order valence-electron chi connectivity index (χ4n) is 0.941. The van der Waals surface area contributed by atoms with Crippen molar-refractivity contribution in [1.82, 2.24) is 9.97 Å². The van der Waals surface area contributed by atoms with E-state index >= 15 is 0 Å². The smallest absolute Gasteiger partial charge is 0.167 e. The van der Waals surface area contributed by atoms with Crippen molar-refractivity contribution in [2.45, 2.75) is 13.8 Å². The van der Waals surface area contributed by atoms with Gasteiger partial charge in [-0.1, -0.05) is 41.4 Å². The zero-order valence-electron chi connectivity index (χ0n) is 7.96. The lowest BCUT2D eigenvalue weighted by atomic mass is 10.4. The predicted octanol–water partition coefficient (Wildman–Crippen LogP) is 1.94. The third-order valence-corrected chi connectivity index (χ3v) is 2.21. The van der Waals surface area contributed by atoms with Gasteiger partial charge in [0.25, 0.3) is 0 Å². The van der Waals surface area contributed by atoms with Gasteiger partial charge in [-0.3, -0.25) is 0 Å². The van der Waals surface area contributed by atoms with Crippen LogP contribution in [0.15, 0.2) is 12.2 Å². The zero-order chi connectivity index (χ0) is 10.6. The van der Waals surface area contributed by atoms with Crippen LogP contribution in [0.25, 0.3) is 12.2 Å². The standard InChI is InChI=1S/C10H10Cl2N2/c1-3-5-6-8-7(4-2)13-9(11)10(12)14-8/h3-6H,1-2H3/b5-3-,7-4+,8-6+. The van der Waals surface area contributed by atoms with E-state index in [0.29, 0.717) is 0 Å². The van der Waals surface area contributed by atoms with Crippen LogP contribution in [0, 0.1) is 0 Å². The number of aromatic nitrogens is 2. The average molecular weight is 229 g/mol. The highest BCUT2D eigenvalue weighted by Crippen LogP contribution is 2.10. The van der Waals surface area contributed by atoms with E-state index in [1.54, 1.807) is 0 Å². The third-order valence-electron chi connectivity index (χ3n) is 1.59. The molecule has 0 saturated heterocycles. The number of hydrogen-bond acceptors (Lipinski definition) is 2. The minimum atomic E-state index is 0.230. The lowest BCUT2D eigenvalue weighted by Gasteiger charge is -1.93. The van der Waals surface area contributed by atoms with Crippen molar-refractivity contribution in [2.75, 3.05) is 0 Å². The number of rotatable bonds is 1. The Morgan fingerprint density at radius 2 is 1.57 bits per heavy atom. The summed E-state index contributed by atoms with van der Waals surface area (Å²) in [5.74, 6) is 0. The Balaban J connectivity index is 3.51. The summed E-state index contributed by atoms with van der Waals surface area (Å²) >= 11 is 11.5. The van der Waals surface area contributed by atoms with Gasteiger partial charge in [-0.2, -0.15) is 0 Å². The van der Waals surface area contributed by atoms with Crippen molar-refractivity contribution >= 4 is 35.4 Å². The lowest BCUT2D eigenvalue weighted by Crippen LogP contribution is -2.31. The van der Waals surface area contributed by atoms with E-state index in [2.05, 4.69) is 9.97 Å². The van der Waals surface area contributed by atoms with Gasteiger partial charge in [-0.05, 0) is 19.9 Å². The molecule has 0 amide bonds. The predicted molar refractivity (Wildman–Crippen MR) is 60.7 cm³/mol. The summed E-state index contributed by atoms with van der Waals surface area (Å²) in [6.07, 6.45) is 7.46. The summed E-state index contributed by atoms with van der Waals surface area (Å²) in [6.45, 7) is 3.80. The SMILES string of the molecule is C\C=C/C=c1/nc(Cl)c(Cl)n/c1=C/C. The van der Waals surface area contributed by atoms with E-state index in [4.69, 9.17) is 23.2 Å². The van der Waals surface area contributed by atoms with Crippen molar-refractivity contribution < 1.29 is 0 Å². The van der Waals surface area contributed by atoms with Crippen molar-refractivity contribution in [3.8, 4) is 0 Å². The fraction of sp³-hybridized carbons (Fsp3) is 0.200. The van der Waals surface area contributed by atoms with Gasteiger partial charge in [0.05, 0.1) is 10.7 Å². The second kappa shape index (κ2) is 5.13. The largest absolute Gasteiger partial charge is 0.232 e. The molecule has 0 unspecified atom stereocenters. The Bertz CT molecular complexity index is 464. The molecule has 0 aromatic carbocycles. The van der Waals surface area contributed by atoms with Crippen LogP contribution in [0.2, 0.25) is 10.3 Å². The van der Waals surface area contributed by atoms with Crippen molar-refractivity contribution in [3.05, 3.63) is 33.2 Å². The Hall–Kier alpha value is -0.860. The van der Waals surface area contributed by atoms with Gasteiger partial charge in [0.15, 0.2) is 10.3 Å². The molecule has 0 bridgehead atoms. The lowest BCUT2D eigenvalue weighted by molar-refractivity contribution is 1.10. The molecule has 0 aliphatic carbocycles. The van der Waals surface area contributed by atoms with E-state index in [-0.39, 0.29) is 10.3 Å². The molecule has 1 rings (SSSR count). The number of hydrogen-bond donors (Lipinski definition) is 0. The first-order valence-corrected chi connectivity index (χ1v) is 4.93. The van der Waals surface area contributed by atoms with Gasteiger partial charge in [0, 0.05) is 0 Å². The summed E-state index contributed by atoms with van der Waals surface area (Å²) in [5.41, 5.74) is 0. The number of nitrogens with zero attached hydrogens (tertiary/aromatic N) is 2. The van der Waals surface area contributed by atoms with Crippen molar-refractivity contribution in [3.63, 3.8) is 0 Å². The second-order valence-electron chi connectivity index (χ2n) is 2.56. The average Bonchev–Trinajstić information content (AvgIpc) is 2.19. The molecule has 0 atom stereocenters. The van der Waals surface area contributed by atoms with Gasteiger partial charge < -0.3 is 0 Å². The van der Waals surface area contributed by atoms with E-state index in [1.807, 2.05) is 38.2 Å². The van der Waals surface area contributed by atoms with Crippen molar-refractivity contribution in [2.24, 2.45) is 0 Å². The monoisotopic (exact) mass is 228 g/mol. The van der Waals surface area contributed by atoms with Crippen molar-refractivity contribution in [1.29, 1.82) is 0 Å². The maximum absolute atomic E-state index is 5.76. The molecule has 4 heteroatoms. The molecule has 0 fully saturated rings. The van der Waals surface area contributed by atoms with E-state index in [9.17, 15) is 0 Å². The molecule has 0 radical (unpaired) electrons. The maximum Gasteiger partial charge on any atom is 0.167 e. The fourth-order valence-corrected chi connectivity index (χ4v) is 1.21. The second-order valence-corrected chi connectivity index (χ2v) is 3.27. The number of halogens is 2. The summed E-state index contributed by atoms with van der Waals surface area (Å²) in [5, 5.41) is 1.92. The summed E-state index contributed by atoms with van der Waals surface area (Å²) in [6, 6.07) is 0. The molecule has 0 spiro atoms. The quantitative estimate of drug-likeness (QED) is 0.735. The molecule has 74 valence electrons. The van der Waals surface area contributed by atoms with Gasteiger partial charge in [0.1, 0.15) is 0 Å². The Morgan fingerprint density at radius 3 is 2.07 bits per heavy atom. The first-order valence-electron chi connectivity index (χ1n) is 4.17. The molecule has 1 aromatic heterocycles. The highest BCUT2D eigenvalue weighted by Gasteiger charge is 1.99. The molecule has 14 heavy (non-hydrogen) atoms. The highest BCUT2D eigenvalue weighted by atomic mass is 35.5. The van der Waals surface area contributed by atoms with Gasteiger partial charge >= 0.3 is 0 Å². The summed E-state index contributed by atoms with van der Waals surface area (Å²) in [7, 11) is 0. The molecular weight excluding hydrogens is 219 g/mol. The van der Waals surface area contributed by atoms with Gasteiger partial charge in [-0.25, -0.2) is 9.97 Å². The summed E-state index contributed by atoms with van der Waals surface area (Å²) < 4.78 is 0. The first-order chi connectivity index (χ1) is 6.69. The van der Waals surface area contributed by atoms with Crippen LogP contribution in [-0.4, -0.2) is 9.97 Å². The van der Waals surface area contributed by atoms with Crippen LogP contribution >= 0.6 is 23.2 Å². The van der Waals surface area contributed by atoms with Crippen LogP contribution in [-0.2, 0) is 0 Å². The highest BCUT2D eigenvalue weighted by molar-refractivity contribution is 6.40. The maximum atomic E-state index is 5.76. The van der Waals surface area contributed by atoms with E-state index < -0.39 is 0 Å². The molecule has 0 saturated carbocycles. The van der Waals surface area contributed by atoms with Gasteiger partial charge in [-0.15, -0.1) is 0 Å². The topological polar surface area (TPSA) is 25.8 Å². The van der Waals surface area contributed by atoms with Crippen LogP contribution in [0.5, 0.6) is 0 Å². The minimum absolute atomic E-state index is 0.230. The molecule has 0 N–H and O–H groups in total. The Labute approximate surface area is 92.6 Å². The Kier molecular flexibility index (Phi) is 4.11. The number of allylic oxidation sites excluding steroid dienone is 2. The third kappa shape index (κ3) is 2.56. The Morgan fingerprint density at radius 1 is 1.00 bits per heavy atom. The first kappa shape index (κ1) is 11.2. The molecular formula is C10H10Cl2N2. The van der Waals surface area contributed by atoms with Crippen LogP contribution in [0.4, 0.5) is 0 Å². The summed E-state index contributed by atoms with van der Waals surface area (Å²) in [4.78, 5) is 8.21. The molecule has 0 aliphatic rings. The molecule has 1 aromatic rings. The van der Waals surface area contributed by atoms with Crippen LogP contribution < -0.4 is 10.7 Å².